The number of benzene rings is 1. The van der Waals surface area contributed by atoms with Crippen molar-refractivity contribution in [2.45, 2.75) is 18.8 Å². The second-order valence-corrected chi connectivity index (χ2v) is 5.15. The number of ether oxygens (including phenoxy) is 1. The zero-order valence-corrected chi connectivity index (χ0v) is 12.3. The van der Waals surface area contributed by atoms with E-state index < -0.39 is 17.8 Å². The van der Waals surface area contributed by atoms with Crippen LogP contribution >= 0.6 is 0 Å². The Kier molecular flexibility index (Phi) is 4.03. The maximum atomic E-state index is 12.3. The number of nitrogens with zero attached hydrogens (tertiary/aromatic N) is 1. The van der Waals surface area contributed by atoms with Crippen LogP contribution in [0.2, 0.25) is 0 Å². The third kappa shape index (κ3) is 3.19. The number of rotatable bonds is 4. The molecule has 1 unspecified atom stereocenters. The number of hydrogen-bond donors (Lipinski definition) is 2. The van der Waals surface area contributed by atoms with Gasteiger partial charge in [-0.3, -0.25) is 4.79 Å². The standard InChI is InChI=1S/C16H16N2O5/c19-14-16(21,8-9-18(14)12-5-2-1-3-6-12)23-15(20)17-11-13-7-4-10-22-13/h1-7,10,21H,8-9,11H2,(H,17,20). The predicted octanol–water partition coefficient (Wildman–Crippen LogP) is 1.63. The maximum absolute atomic E-state index is 12.3. The molecule has 1 aromatic carbocycles. The van der Waals surface area contributed by atoms with Gasteiger partial charge in [-0.05, 0) is 24.3 Å². The zero-order valence-electron chi connectivity index (χ0n) is 12.3. The van der Waals surface area contributed by atoms with E-state index in [0.717, 1.165) is 0 Å². The van der Waals surface area contributed by atoms with Crippen LogP contribution in [0.5, 0.6) is 0 Å². The fraction of sp³-hybridized carbons (Fsp3) is 0.250. The molecule has 7 nitrogen and oxygen atoms in total. The summed E-state index contributed by atoms with van der Waals surface area (Å²) in [5.41, 5.74) is 0.646. The Morgan fingerprint density at radius 2 is 2.09 bits per heavy atom. The summed E-state index contributed by atoms with van der Waals surface area (Å²) in [4.78, 5) is 25.5. The number of carbonyl (C=O) groups is 2. The normalized spacial score (nSPS) is 20.6. The molecule has 1 atom stereocenters. The van der Waals surface area contributed by atoms with E-state index in [1.807, 2.05) is 6.07 Å². The molecule has 1 aliphatic rings. The van der Waals surface area contributed by atoms with E-state index in [4.69, 9.17) is 9.15 Å². The van der Waals surface area contributed by atoms with E-state index >= 15 is 0 Å². The molecule has 1 aliphatic heterocycles. The van der Waals surface area contributed by atoms with E-state index in [-0.39, 0.29) is 19.5 Å². The van der Waals surface area contributed by atoms with Crippen LogP contribution in [0, 0.1) is 0 Å². The highest BCUT2D eigenvalue weighted by Gasteiger charge is 2.49. The molecular weight excluding hydrogens is 300 g/mol. The van der Waals surface area contributed by atoms with Crippen LogP contribution in [0.4, 0.5) is 10.5 Å². The van der Waals surface area contributed by atoms with Crippen molar-refractivity contribution in [3.8, 4) is 0 Å². The van der Waals surface area contributed by atoms with Crippen molar-refractivity contribution in [3.63, 3.8) is 0 Å². The quantitative estimate of drug-likeness (QED) is 0.837. The van der Waals surface area contributed by atoms with Crippen LogP contribution in [-0.2, 0) is 16.1 Å². The Hall–Kier alpha value is -2.80. The predicted molar refractivity (Wildman–Crippen MR) is 80.4 cm³/mol. The van der Waals surface area contributed by atoms with Crippen LogP contribution in [-0.4, -0.2) is 29.4 Å². The number of amides is 2. The summed E-state index contributed by atoms with van der Waals surface area (Å²) >= 11 is 0. The number of nitrogens with one attached hydrogen (secondary N) is 1. The minimum Gasteiger partial charge on any atom is -0.467 e. The SMILES string of the molecule is O=C(NCc1ccco1)OC1(O)CCN(c2ccccc2)C1=O. The van der Waals surface area contributed by atoms with E-state index in [0.29, 0.717) is 11.4 Å². The fourth-order valence-corrected chi connectivity index (χ4v) is 2.39. The van der Waals surface area contributed by atoms with Gasteiger partial charge in [0.2, 0.25) is 0 Å². The largest absolute Gasteiger partial charge is 0.467 e. The van der Waals surface area contributed by atoms with Crippen molar-refractivity contribution in [2.24, 2.45) is 0 Å². The molecule has 0 radical (unpaired) electrons. The summed E-state index contributed by atoms with van der Waals surface area (Å²) in [5.74, 6) is -2.27. The lowest BCUT2D eigenvalue weighted by Gasteiger charge is -2.22. The Morgan fingerprint density at radius 1 is 1.30 bits per heavy atom. The van der Waals surface area contributed by atoms with Gasteiger partial charge in [0, 0.05) is 18.7 Å². The number of hydrogen-bond acceptors (Lipinski definition) is 5. The summed E-state index contributed by atoms with van der Waals surface area (Å²) in [5, 5.41) is 12.7. The first-order valence-electron chi connectivity index (χ1n) is 7.17. The smallest absolute Gasteiger partial charge is 0.410 e. The molecule has 0 spiro atoms. The number of aliphatic hydroxyl groups is 1. The lowest BCUT2D eigenvalue weighted by atomic mass is 10.2. The molecule has 2 N–H and O–H groups in total. The molecule has 1 aromatic heterocycles. The Balaban J connectivity index is 1.61. The number of para-hydroxylation sites is 1. The van der Waals surface area contributed by atoms with Crippen LogP contribution < -0.4 is 10.2 Å². The third-order valence-electron chi connectivity index (χ3n) is 3.57. The Bertz CT molecular complexity index is 686. The topological polar surface area (TPSA) is 92.0 Å². The Morgan fingerprint density at radius 3 is 2.78 bits per heavy atom. The summed E-state index contributed by atoms with van der Waals surface area (Å²) in [6.07, 6.45) is 0.607. The number of carbonyl (C=O) groups excluding carboxylic acids is 2. The summed E-state index contributed by atoms with van der Waals surface area (Å²) in [6.45, 7) is 0.378. The molecule has 0 bridgehead atoms. The first-order valence-corrected chi connectivity index (χ1v) is 7.17. The summed E-state index contributed by atoms with van der Waals surface area (Å²) in [6, 6.07) is 12.3. The molecular formula is C16H16N2O5. The van der Waals surface area contributed by atoms with E-state index in [1.165, 1.54) is 11.2 Å². The maximum Gasteiger partial charge on any atom is 0.410 e. The molecule has 2 heterocycles. The molecule has 120 valence electrons. The second-order valence-electron chi connectivity index (χ2n) is 5.15. The third-order valence-corrected chi connectivity index (χ3v) is 3.57. The number of furan rings is 1. The van der Waals surface area contributed by atoms with Gasteiger partial charge in [0.05, 0.1) is 12.8 Å². The van der Waals surface area contributed by atoms with Crippen molar-refractivity contribution in [1.82, 2.24) is 5.32 Å². The van der Waals surface area contributed by atoms with Crippen molar-refractivity contribution in [2.75, 3.05) is 11.4 Å². The molecule has 0 aliphatic carbocycles. The van der Waals surface area contributed by atoms with Crippen LogP contribution in [0.3, 0.4) is 0 Å². The van der Waals surface area contributed by atoms with Crippen LogP contribution in [0.15, 0.2) is 53.1 Å². The van der Waals surface area contributed by atoms with Gasteiger partial charge in [-0.25, -0.2) is 4.79 Å². The number of alkyl carbamates (subject to hydrolysis) is 1. The van der Waals surface area contributed by atoms with Crippen molar-refractivity contribution in [1.29, 1.82) is 0 Å². The molecule has 2 aromatic rings. The van der Waals surface area contributed by atoms with Crippen LogP contribution in [0.25, 0.3) is 0 Å². The first-order chi connectivity index (χ1) is 11.1. The molecule has 23 heavy (non-hydrogen) atoms. The molecule has 3 rings (SSSR count). The van der Waals surface area contributed by atoms with E-state index in [1.54, 1.807) is 36.4 Å². The monoisotopic (exact) mass is 316 g/mol. The van der Waals surface area contributed by atoms with Crippen molar-refractivity contribution in [3.05, 3.63) is 54.5 Å². The second kappa shape index (κ2) is 6.13. The van der Waals surface area contributed by atoms with Gasteiger partial charge >= 0.3 is 6.09 Å². The number of anilines is 1. The highest BCUT2D eigenvalue weighted by atomic mass is 16.7. The summed E-state index contributed by atoms with van der Waals surface area (Å²) < 4.78 is 10.0. The van der Waals surface area contributed by atoms with Crippen molar-refractivity contribution >= 4 is 17.7 Å². The van der Waals surface area contributed by atoms with Gasteiger partial charge in [0.15, 0.2) is 0 Å². The van der Waals surface area contributed by atoms with E-state index in [2.05, 4.69) is 5.32 Å². The highest BCUT2D eigenvalue weighted by molar-refractivity contribution is 6.01. The van der Waals surface area contributed by atoms with Gasteiger partial charge in [-0.15, -0.1) is 0 Å². The van der Waals surface area contributed by atoms with Crippen molar-refractivity contribution < 1.29 is 23.8 Å². The molecule has 7 heteroatoms. The average Bonchev–Trinajstić information content (AvgIpc) is 3.16. The van der Waals surface area contributed by atoms with Gasteiger partial charge in [0.1, 0.15) is 5.76 Å². The zero-order chi connectivity index (χ0) is 16.3. The molecule has 1 fully saturated rings. The highest BCUT2D eigenvalue weighted by Crippen LogP contribution is 2.29. The first kappa shape index (κ1) is 15.1. The lowest BCUT2D eigenvalue weighted by Crippen LogP contribution is -2.46. The van der Waals surface area contributed by atoms with E-state index in [9.17, 15) is 14.7 Å². The molecule has 2 amide bonds. The molecule has 0 saturated carbocycles. The fourth-order valence-electron chi connectivity index (χ4n) is 2.39. The van der Waals surface area contributed by atoms with Gasteiger partial charge < -0.3 is 24.5 Å². The minimum absolute atomic E-state index is 0.00883. The summed E-state index contributed by atoms with van der Waals surface area (Å²) in [7, 11) is 0. The van der Waals surface area contributed by atoms with Crippen LogP contribution in [0.1, 0.15) is 12.2 Å². The molecule has 1 saturated heterocycles. The van der Waals surface area contributed by atoms with Gasteiger partial charge in [0.25, 0.3) is 11.7 Å². The lowest BCUT2D eigenvalue weighted by molar-refractivity contribution is -0.175. The van der Waals surface area contributed by atoms with Gasteiger partial charge in [-0.2, -0.15) is 0 Å². The minimum atomic E-state index is -2.15. The van der Waals surface area contributed by atoms with Gasteiger partial charge in [-0.1, -0.05) is 18.2 Å². The Labute approximate surface area is 132 Å². The average molecular weight is 316 g/mol.